The second-order valence-electron chi connectivity index (χ2n) is 9.23. The minimum absolute atomic E-state index is 0.0801. The fourth-order valence-electron chi connectivity index (χ4n) is 4.03. The van der Waals surface area contributed by atoms with Gasteiger partial charge in [0.2, 0.25) is 17.7 Å². The number of hydrogen-bond acceptors (Lipinski definition) is 7. The molecular formula is C27H29N5O5S. The fourth-order valence-corrected chi connectivity index (χ4v) is 5.02. The molecule has 11 heteroatoms. The number of benzene rings is 2. The minimum atomic E-state index is -1.02. The van der Waals surface area contributed by atoms with Crippen molar-refractivity contribution in [3.63, 3.8) is 0 Å². The summed E-state index contributed by atoms with van der Waals surface area (Å²) >= 11 is 1.07. The summed E-state index contributed by atoms with van der Waals surface area (Å²) in [5, 5.41) is 15.4. The van der Waals surface area contributed by atoms with Crippen LogP contribution in [0.2, 0.25) is 0 Å². The first-order chi connectivity index (χ1) is 18.1. The molecule has 1 fully saturated rings. The Bertz CT molecular complexity index is 1480. The summed E-state index contributed by atoms with van der Waals surface area (Å²) in [7, 11) is 0. The molecule has 0 spiro atoms. The average Bonchev–Trinajstić information content (AvgIpc) is 3.21. The lowest BCUT2D eigenvalue weighted by atomic mass is 9.96. The SMILES string of the molecule is CCc1ccc(NC(=O)C[C@@H]2SC(=N[C@@H](c3ccc(C(C)C)cc3)c3c(O)[nH]c(=O)[nH]c3=O)NC2=O)cc1. The van der Waals surface area contributed by atoms with Gasteiger partial charge in [-0.3, -0.25) is 24.4 Å². The van der Waals surface area contributed by atoms with Crippen LogP contribution < -0.4 is 21.9 Å². The zero-order valence-corrected chi connectivity index (χ0v) is 22.0. The first kappa shape index (κ1) is 26.9. The summed E-state index contributed by atoms with van der Waals surface area (Å²) in [6.45, 7) is 6.14. The van der Waals surface area contributed by atoms with Gasteiger partial charge in [-0.05, 0) is 41.2 Å². The highest BCUT2D eigenvalue weighted by Crippen LogP contribution is 2.32. The summed E-state index contributed by atoms with van der Waals surface area (Å²) in [6.07, 6.45) is 0.810. The number of rotatable bonds is 8. The zero-order chi connectivity index (χ0) is 27.4. The van der Waals surface area contributed by atoms with E-state index in [1.807, 2.05) is 57.2 Å². The second-order valence-corrected chi connectivity index (χ2v) is 10.4. The van der Waals surface area contributed by atoms with Crippen LogP contribution in [-0.2, 0) is 16.0 Å². The van der Waals surface area contributed by atoms with Gasteiger partial charge in [0.05, 0.1) is 0 Å². The number of thioether (sulfide) groups is 1. The predicted molar refractivity (Wildman–Crippen MR) is 148 cm³/mol. The lowest BCUT2D eigenvalue weighted by Crippen LogP contribution is -2.29. The van der Waals surface area contributed by atoms with E-state index in [2.05, 4.69) is 25.6 Å². The van der Waals surface area contributed by atoms with E-state index in [0.717, 1.165) is 29.3 Å². The van der Waals surface area contributed by atoms with Crippen LogP contribution in [0.1, 0.15) is 61.4 Å². The molecule has 3 aromatic rings. The van der Waals surface area contributed by atoms with Crippen molar-refractivity contribution >= 4 is 34.4 Å². The highest BCUT2D eigenvalue weighted by atomic mass is 32.2. The van der Waals surface area contributed by atoms with E-state index in [4.69, 9.17) is 0 Å². The van der Waals surface area contributed by atoms with Crippen LogP contribution >= 0.6 is 11.8 Å². The van der Waals surface area contributed by atoms with E-state index in [0.29, 0.717) is 11.3 Å². The molecule has 1 saturated heterocycles. The van der Waals surface area contributed by atoms with Crippen LogP contribution in [0.3, 0.4) is 0 Å². The van der Waals surface area contributed by atoms with Gasteiger partial charge >= 0.3 is 5.69 Å². The molecule has 38 heavy (non-hydrogen) atoms. The average molecular weight is 536 g/mol. The molecule has 2 amide bonds. The number of carbonyl (C=O) groups is 2. The lowest BCUT2D eigenvalue weighted by Gasteiger charge is -2.15. The Kier molecular flexibility index (Phi) is 8.16. The molecule has 2 aromatic carbocycles. The largest absolute Gasteiger partial charge is 0.494 e. The Hall–Kier alpha value is -4.12. The van der Waals surface area contributed by atoms with E-state index in [1.165, 1.54) is 0 Å². The molecule has 198 valence electrons. The van der Waals surface area contributed by atoms with E-state index in [1.54, 1.807) is 12.1 Å². The number of aryl methyl sites for hydroxylation is 1. The number of aromatic amines is 2. The zero-order valence-electron chi connectivity index (χ0n) is 21.2. The molecule has 0 unspecified atom stereocenters. The van der Waals surface area contributed by atoms with Crippen molar-refractivity contribution in [3.8, 4) is 5.88 Å². The summed E-state index contributed by atoms with van der Waals surface area (Å²) in [6, 6.07) is 13.8. The van der Waals surface area contributed by atoms with Crippen LogP contribution in [0.5, 0.6) is 5.88 Å². The molecule has 0 saturated carbocycles. The van der Waals surface area contributed by atoms with Crippen molar-refractivity contribution in [3.05, 3.63) is 91.6 Å². The van der Waals surface area contributed by atoms with Gasteiger partial charge in [-0.1, -0.05) is 68.9 Å². The highest BCUT2D eigenvalue weighted by Gasteiger charge is 2.34. The van der Waals surface area contributed by atoms with Crippen molar-refractivity contribution in [1.29, 1.82) is 0 Å². The Balaban J connectivity index is 1.58. The number of amides is 2. The second kappa shape index (κ2) is 11.5. The van der Waals surface area contributed by atoms with Gasteiger partial charge < -0.3 is 15.7 Å². The molecule has 1 aliphatic heterocycles. The molecule has 10 nitrogen and oxygen atoms in total. The van der Waals surface area contributed by atoms with Gasteiger partial charge in [0.25, 0.3) is 5.56 Å². The highest BCUT2D eigenvalue weighted by molar-refractivity contribution is 8.15. The van der Waals surface area contributed by atoms with E-state index < -0.39 is 34.3 Å². The summed E-state index contributed by atoms with van der Waals surface area (Å²) < 4.78 is 0. The van der Waals surface area contributed by atoms with Crippen LogP contribution in [0, 0.1) is 0 Å². The minimum Gasteiger partial charge on any atom is -0.494 e. The maximum Gasteiger partial charge on any atom is 0.328 e. The van der Waals surface area contributed by atoms with E-state index in [-0.39, 0.29) is 29.0 Å². The summed E-state index contributed by atoms with van der Waals surface area (Å²) in [4.78, 5) is 58.4. The van der Waals surface area contributed by atoms with Crippen molar-refractivity contribution in [2.24, 2.45) is 4.99 Å². The van der Waals surface area contributed by atoms with E-state index >= 15 is 0 Å². The third-order valence-electron chi connectivity index (χ3n) is 6.19. The number of aromatic nitrogens is 2. The van der Waals surface area contributed by atoms with Crippen molar-refractivity contribution in [2.75, 3.05) is 5.32 Å². The number of anilines is 1. The standard InChI is InChI=1S/C27H29N5O5S/c1-4-15-5-11-18(12-6-15)28-20(33)13-19-23(34)32-27(38-19)29-22(17-9-7-16(8-10-17)14(2)3)21-24(35)30-26(37)31-25(21)36/h5-12,14,19,22H,4,13H2,1-3H3,(H,28,33)(H,29,32,34)(H3,30,31,35,36,37)/t19-,22-/m0/s1. The van der Waals surface area contributed by atoms with Crippen LogP contribution in [0.25, 0.3) is 0 Å². The van der Waals surface area contributed by atoms with Gasteiger partial charge in [-0.2, -0.15) is 0 Å². The number of hydrogen-bond donors (Lipinski definition) is 5. The molecule has 1 aromatic heterocycles. The normalized spacial score (nSPS) is 17.0. The maximum atomic E-state index is 12.7. The van der Waals surface area contributed by atoms with Gasteiger partial charge in [0.15, 0.2) is 5.17 Å². The van der Waals surface area contributed by atoms with Gasteiger partial charge in [-0.25, -0.2) is 9.79 Å². The lowest BCUT2D eigenvalue weighted by molar-refractivity contribution is -0.122. The maximum absolute atomic E-state index is 12.7. The molecule has 2 heterocycles. The molecular weight excluding hydrogens is 506 g/mol. The monoisotopic (exact) mass is 535 g/mol. The molecule has 0 aliphatic carbocycles. The van der Waals surface area contributed by atoms with Gasteiger partial charge in [0.1, 0.15) is 16.9 Å². The number of carbonyl (C=O) groups excluding carboxylic acids is 2. The molecule has 0 bridgehead atoms. The predicted octanol–water partition coefficient (Wildman–Crippen LogP) is 3.16. The van der Waals surface area contributed by atoms with Gasteiger partial charge in [-0.15, -0.1) is 0 Å². The third-order valence-corrected chi connectivity index (χ3v) is 7.29. The number of nitrogens with one attached hydrogen (secondary N) is 4. The number of aromatic hydroxyl groups is 1. The fraction of sp³-hybridized carbons (Fsp3) is 0.296. The van der Waals surface area contributed by atoms with Crippen LogP contribution in [0.15, 0.2) is 63.1 Å². The number of aliphatic imine (C=N–C) groups is 1. The first-order valence-electron chi connectivity index (χ1n) is 12.2. The van der Waals surface area contributed by atoms with E-state index in [9.17, 15) is 24.3 Å². The molecule has 0 radical (unpaired) electrons. The Labute approximate surface area is 223 Å². The Morgan fingerprint density at radius 2 is 1.68 bits per heavy atom. The van der Waals surface area contributed by atoms with Crippen LogP contribution in [0.4, 0.5) is 5.69 Å². The van der Waals surface area contributed by atoms with Crippen molar-refractivity contribution < 1.29 is 14.7 Å². The number of H-pyrrole nitrogens is 2. The Morgan fingerprint density at radius 1 is 1.03 bits per heavy atom. The number of nitrogens with zero attached hydrogens (tertiary/aromatic N) is 1. The molecule has 2 atom stereocenters. The topological polar surface area (TPSA) is 157 Å². The molecule has 4 rings (SSSR count). The molecule has 5 N–H and O–H groups in total. The summed E-state index contributed by atoms with van der Waals surface area (Å²) in [5.74, 6) is -1.04. The Morgan fingerprint density at radius 3 is 2.29 bits per heavy atom. The smallest absolute Gasteiger partial charge is 0.328 e. The van der Waals surface area contributed by atoms with Crippen LogP contribution in [-0.4, -0.2) is 37.3 Å². The van der Waals surface area contributed by atoms with Crippen molar-refractivity contribution in [2.45, 2.75) is 50.8 Å². The molecule has 1 aliphatic rings. The van der Waals surface area contributed by atoms with Crippen molar-refractivity contribution in [1.82, 2.24) is 15.3 Å². The quantitative estimate of drug-likeness (QED) is 0.298. The van der Waals surface area contributed by atoms with Gasteiger partial charge in [0, 0.05) is 12.1 Å². The summed E-state index contributed by atoms with van der Waals surface area (Å²) in [5.41, 5.74) is 1.61. The number of amidine groups is 1. The first-order valence-corrected chi connectivity index (χ1v) is 13.1. The third kappa shape index (κ3) is 6.23.